The number of carbonyl (C=O) groups is 1. The highest BCUT2D eigenvalue weighted by molar-refractivity contribution is 7.90. The van der Waals surface area contributed by atoms with E-state index in [0.29, 0.717) is 5.75 Å². The number of hydrogen-bond donors (Lipinski definition) is 1. The topological polar surface area (TPSA) is 77.4 Å². The molecule has 4 rings (SSSR count). The van der Waals surface area contributed by atoms with E-state index in [-0.39, 0.29) is 4.90 Å². The van der Waals surface area contributed by atoms with Crippen molar-refractivity contribution in [2.45, 2.75) is 25.3 Å². The molecule has 0 aliphatic rings. The van der Waals surface area contributed by atoms with Gasteiger partial charge >= 0.3 is 0 Å². The summed E-state index contributed by atoms with van der Waals surface area (Å²) in [6.07, 6.45) is 0. The molecule has 4 aromatic rings. The smallest absolute Gasteiger partial charge is 0.271 e. The predicted molar refractivity (Wildman–Crippen MR) is 124 cm³/mol. The average Bonchev–Trinajstić information content (AvgIpc) is 3.09. The zero-order valence-corrected chi connectivity index (χ0v) is 18.7. The molecule has 0 saturated carbocycles. The van der Waals surface area contributed by atoms with Crippen LogP contribution in [0.3, 0.4) is 0 Å². The van der Waals surface area contributed by atoms with Crippen molar-refractivity contribution in [1.29, 1.82) is 0 Å². The molecule has 1 amide bonds. The van der Waals surface area contributed by atoms with Gasteiger partial charge in [0.15, 0.2) is 6.61 Å². The Morgan fingerprint density at radius 3 is 2.38 bits per heavy atom. The summed E-state index contributed by atoms with van der Waals surface area (Å²) in [6, 6.07) is 24.1. The van der Waals surface area contributed by atoms with Crippen LogP contribution >= 0.6 is 0 Å². The highest BCUT2D eigenvalue weighted by Gasteiger charge is 2.18. The fourth-order valence-electron chi connectivity index (χ4n) is 3.59. The number of carbonyl (C=O) groups excluding carboxylic acids is 1. The van der Waals surface area contributed by atoms with Crippen LogP contribution in [0.25, 0.3) is 10.9 Å². The molecule has 0 aliphatic heterocycles. The second-order valence-corrected chi connectivity index (χ2v) is 9.36. The Hall–Kier alpha value is -3.58. The Balaban J connectivity index is 1.49. The summed E-state index contributed by atoms with van der Waals surface area (Å²) in [7, 11) is -3.94. The number of nitrogens with one attached hydrogen (secondary N) is 1. The summed E-state index contributed by atoms with van der Waals surface area (Å²) in [4.78, 5) is 12.3. The predicted octanol–water partition coefficient (Wildman–Crippen LogP) is 4.19. The van der Waals surface area contributed by atoms with Crippen LogP contribution in [0.4, 0.5) is 0 Å². The number of aromatic nitrogens is 1. The zero-order valence-electron chi connectivity index (χ0n) is 17.9. The number of aryl methyl sites for hydroxylation is 2. The van der Waals surface area contributed by atoms with E-state index in [1.807, 2.05) is 50.2 Å². The third kappa shape index (κ3) is 4.68. The second-order valence-electron chi connectivity index (χ2n) is 7.68. The van der Waals surface area contributed by atoms with Gasteiger partial charge in [-0.2, -0.15) is 0 Å². The fraction of sp³-hybridized carbons (Fsp3) is 0.160. The van der Waals surface area contributed by atoms with Crippen molar-refractivity contribution >= 4 is 26.8 Å². The first kappa shape index (κ1) is 21.6. The van der Waals surface area contributed by atoms with Crippen molar-refractivity contribution in [1.82, 2.24) is 9.29 Å². The van der Waals surface area contributed by atoms with Gasteiger partial charge in [0.25, 0.3) is 15.9 Å². The van der Waals surface area contributed by atoms with E-state index < -0.39 is 22.5 Å². The van der Waals surface area contributed by atoms with Crippen LogP contribution in [0.2, 0.25) is 0 Å². The lowest BCUT2D eigenvalue weighted by atomic mass is 10.2. The average molecular weight is 449 g/mol. The molecule has 7 heteroatoms. The Morgan fingerprint density at radius 2 is 1.66 bits per heavy atom. The summed E-state index contributed by atoms with van der Waals surface area (Å²) < 4.78 is 34.8. The summed E-state index contributed by atoms with van der Waals surface area (Å²) in [5.74, 6) is -0.205. The second kappa shape index (κ2) is 8.88. The molecular weight excluding hydrogens is 424 g/mol. The molecule has 0 radical (unpaired) electrons. The third-order valence-electron chi connectivity index (χ3n) is 5.23. The highest BCUT2D eigenvalue weighted by atomic mass is 32.2. The van der Waals surface area contributed by atoms with Crippen LogP contribution in [-0.4, -0.2) is 25.5 Å². The van der Waals surface area contributed by atoms with Crippen LogP contribution in [0, 0.1) is 13.8 Å². The minimum atomic E-state index is -3.94. The lowest BCUT2D eigenvalue weighted by molar-refractivity contribution is -0.121. The van der Waals surface area contributed by atoms with Crippen molar-refractivity contribution in [3.63, 3.8) is 0 Å². The first-order valence-electron chi connectivity index (χ1n) is 10.2. The minimum absolute atomic E-state index is 0.0344. The molecule has 6 nitrogen and oxygen atoms in total. The maximum Gasteiger partial charge on any atom is 0.271 e. The quantitative estimate of drug-likeness (QED) is 0.460. The lowest BCUT2D eigenvalue weighted by Gasteiger charge is -2.11. The van der Waals surface area contributed by atoms with E-state index in [9.17, 15) is 13.2 Å². The van der Waals surface area contributed by atoms with Gasteiger partial charge in [0.05, 0.1) is 10.4 Å². The molecule has 0 aliphatic carbocycles. The Morgan fingerprint density at radius 1 is 0.938 bits per heavy atom. The Bertz CT molecular complexity index is 1360. The SMILES string of the molecule is Cc1ccc(S(=O)(=O)NC(=O)COc2cccc3c2cc(C)n3Cc2ccccc2)cc1. The normalized spacial score (nSPS) is 11.4. The number of hydrogen-bond acceptors (Lipinski definition) is 4. The first-order chi connectivity index (χ1) is 15.3. The summed E-state index contributed by atoms with van der Waals surface area (Å²) in [5.41, 5.74) is 4.16. The van der Waals surface area contributed by atoms with Crippen molar-refractivity contribution in [2.24, 2.45) is 0 Å². The fourth-order valence-corrected chi connectivity index (χ4v) is 4.56. The molecule has 0 unspecified atom stereocenters. The molecule has 0 spiro atoms. The molecule has 0 atom stereocenters. The van der Waals surface area contributed by atoms with Crippen molar-refractivity contribution < 1.29 is 17.9 Å². The van der Waals surface area contributed by atoms with E-state index in [4.69, 9.17) is 4.74 Å². The van der Waals surface area contributed by atoms with Crippen molar-refractivity contribution in [2.75, 3.05) is 6.61 Å². The molecule has 0 saturated heterocycles. The standard InChI is InChI=1S/C25H24N2O4S/c1-18-11-13-21(14-12-18)32(29,30)26-25(28)17-31-24-10-6-9-23-22(24)15-19(2)27(23)16-20-7-4-3-5-8-20/h3-15H,16-17H2,1-2H3,(H,26,28). The first-order valence-corrected chi connectivity index (χ1v) is 11.7. The van der Waals surface area contributed by atoms with Crippen LogP contribution in [0.15, 0.2) is 83.8 Å². The monoisotopic (exact) mass is 448 g/mol. The van der Waals surface area contributed by atoms with E-state index in [1.54, 1.807) is 18.2 Å². The number of sulfonamides is 1. The van der Waals surface area contributed by atoms with Gasteiger partial charge in [-0.1, -0.05) is 54.1 Å². The molecule has 0 fully saturated rings. The number of rotatable bonds is 7. The van der Waals surface area contributed by atoms with Crippen LogP contribution in [-0.2, 0) is 21.4 Å². The van der Waals surface area contributed by atoms with Crippen molar-refractivity contribution in [3.8, 4) is 5.75 Å². The van der Waals surface area contributed by atoms with Crippen LogP contribution in [0.5, 0.6) is 5.75 Å². The molecule has 0 bridgehead atoms. The zero-order chi connectivity index (χ0) is 22.7. The Labute approximate surface area is 187 Å². The number of ether oxygens (including phenoxy) is 1. The lowest BCUT2D eigenvalue weighted by Crippen LogP contribution is -2.34. The van der Waals surface area contributed by atoms with E-state index in [1.165, 1.54) is 17.7 Å². The highest BCUT2D eigenvalue weighted by Crippen LogP contribution is 2.29. The molecule has 1 N–H and O–H groups in total. The molecule has 1 heterocycles. The number of fused-ring (bicyclic) bond motifs is 1. The van der Waals surface area contributed by atoms with Crippen LogP contribution < -0.4 is 9.46 Å². The van der Waals surface area contributed by atoms with Crippen LogP contribution in [0.1, 0.15) is 16.8 Å². The van der Waals surface area contributed by atoms with Gasteiger partial charge in [0, 0.05) is 17.6 Å². The summed E-state index contributed by atoms with van der Waals surface area (Å²) in [6.45, 7) is 4.19. The van der Waals surface area contributed by atoms with Gasteiger partial charge in [0.2, 0.25) is 0 Å². The Kier molecular flexibility index (Phi) is 6.01. The molecular formula is C25H24N2O4S. The number of benzene rings is 3. The molecule has 164 valence electrons. The minimum Gasteiger partial charge on any atom is -0.483 e. The van der Waals surface area contributed by atoms with Gasteiger partial charge in [0.1, 0.15) is 5.75 Å². The van der Waals surface area contributed by atoms with E-state index in [0.717, 1.165) is 28.7 Å². The van der Waals surface area contributed by atoms with Gasteiger partial charge in [-0.05, 0) is 49.7 Å². The van der Waals surface area contributed by atoms with Crippen molar-refractivity contribution in [3.05, 3.63) is 95.7 Å². The van der Waals surface area contributed by atoms with Gasteiger partial charge in [-0.3, -0.25) is 4.79 Å². The summed E-state index contributed by atoms with van der Waals surface area (Å²) in [5, 5.41) is 0.870. The number of amides is 1. The molecule has 32 heavy (non-hydrogen) atoms. The number of nitrogens with zero attached hydrogens (tertiary/aromatic N) is 1. The summed E-state index contributed by atoms with van der Waals surface area (Å²) >= 11 is 0. The van der Waals surface area contributed by atoms with Gasteiger partial charge < -0.3 is 9.30 Å². The van der Waals surface area contributed by atoms with Gasteiger partial charge in [-0.15, -0.1) is 0 Å². The van der Waals surface area contributed by atoms with Gasteiger partial charge in [-0.25, -0.2) is 13.1 Å². The third-order valence-corrected chi connectivity index (χ3v) is 6.62. The van der Waals surface area contributed by atoms with E-state index >= 15 is 0 Å². The molecule has 3 aromatic carbocycles. The van der Waals surface area contributed by atoms with E-state index in [2.05, 4.69) is 21.4 Å². The largest absolute Gasteiger partial charge is 0.483 e. The maximum atomic E-state index is 12.4. The molecule has 1 aromatic heterocycles. The maximum absolute atomic E-state index is 12.4.